The highest BCUT2D eigenvalue weighted by atomic mass is 32.2. The second-order valence-electron chi connectivity index (χ2n) is 5.18. The summed E-state index contributed by atoms with van der Waals surface area (Å²) >= 11 is 1.98. The Morgan fingerprint density at radius 1 is 1.24 bits per heavy atom. The van der Waals surface area contributed by atoms with E-state index in [2.05, 4.69) is 43.4 Å². The number of benzene rings is 1. The van der Waals surface area contributed by atoms with E-state index in [0.29, 0.717) is 5.92 Å². The molecule has 1 heterocycles. The third-order valence-electron chi connectivity index (χ3n) is 3.41. The minimum Gasteiger partial charge on any atom is -0.313 e. The third-order valence-corrected chi connectivity index (χ3v) is 4.58. The molecule has 0 amide bonds. The molecule has 0 saturated carbocycles. The summed E-state index contributed by atoms with van der Waals surface area (Å²) < 4.78 is 0. The summed E-state index contributed by atoms with van der Waals surface area (Å²) in [6, 6.07) is 9.78. The fraction of sp³-hybridized carbons (Fsp3) is 0.600. The quantitative estimate of drug-likeness (QED) is 0.808. The Balaban J connectivity index is 1.82. The van der Waals surface area contributed by atoms with Gasteiger partial charge in [0, 0.05) is 16.7 Å². The van der Waals surface area contributed by atoms with Crippen molar-refractivity contribution in [2.45, 2.75) is 50.0 Å². The lowest BCUT2D eigenvalue weighted by Crippen LogP contribution is -2.35. The van der Waals surface area contributed by atoms with Crippen molar-refractivity contribution in [1.29, 1.82) is 0 Å². The van der Waals surface area contributed by atoms with Gasteiger partial charge in [0.15, 0.2) is 0 Å². The van der Waals surface area contributed by atoms with Crippen molar-refractivity contribution in [3.63, 3.8) is 0 Å². The first-order valence-electron chi connectivity index (χ1n) is 6.72. The molecule has 1 unspecified atom stereocenters. The molecule has 1 aliphatic rings. The molecular weight excluding hydrogens is 226 g/mol. The first-order valence-corrected chi connectivity index (χ1v) is 7.70. The highest BCUT2D eigenvalue weighted by Crippen LogP contribution is 2.23. The van der Waals surface area contributed by atoms with Crippen molar-refractivity contribution >= 4 is 11.8 Å². The van der Waals surface area contributed by atoms with Crippen LogP contribution in [-0.4, -0.2) is 18.3 Å². The lowest BCUT2D eigenvalue weighted by Gasteiger charge is -2.23. The number of thioether (sulfide) groups is 1. The third kappa shape index (κ3) is 4.04. The van der Waals surface area contributed by atoms with E-state index < -0.39 is 0 Å². The fourth-order valence-electron chi connectivity index (χ4n) is 2.21. The lowest BCUT2D eigenvalue weighted by atomic mass is 10.0. The van der Waals surface area contributed by atoms with Gasteiger partial charge in [0.1, 0.15) is 0 Å². The first-order chi connectivity index (χ1) is 8.25. The molecule has 94 valence electrons. The maximum absolute atomic E-state index is 3.60. The summed E-state index contributed by atoms with van der Waals surface area (Å²) in [5.41, 5.74) is 1.44. The van der Waals surface area contributed by atoms with Crippen LogP contribution >= 0.6 is 11.8 Å². The number of hydrogen-bond donors (Lipinski definition) is 1. The Kier molecular flexibility index (Phi) is 4.93. The molecule has 1 saturated heterocycles. The van der Waals surface area contributed by atoms with Gasteiger partial charge in [0.05, 0.1) is 0 Å². The van der Waals surface area contributed by atoms with E-state index in [-0.39, 0.29) is 0 Å². The molecule has 0 aliphatic carbocycles. The Bertz CT molecular complexity index is 325. The average Bonchev–Trinajstić information content (AvgIpc) is 2.38. The van der Waals surface area contributed by atoms with E-state index in [9.17, 15) is 0 Å². The van der Waals surface area contributed by atoms with Crippen LogP contribution in [0.1, 0.15) is 44.6 Å². The van der Waals surface area contributed by atoms with Crippen LogP contribution in [0.5, 0.6) is 0 Å². The van der Waals surface area contributed by atoms with Gasteiger partial charge in [-0.15, -0.1) is 11.8 Å². The van der Waals surface area contributed by atoms with E-state index in [0.717, 1.165) is 6.04 Å². The van der Waals surface area contributed by atoms with Gasteiger partial charge < -0.3 is 5.32 Å². The van der Waals surface area contributed by atoms with Gasteiger partial charge in [-0.3, -0.25) is 0 Å². The molecule has 0 aromatic heterocycles. The topological polar surface area (TPSA) is 12.0 Å². The molecule has 0 radical (unpaired) electrons. The highest BCUT2D eigenvalue weighted by molar-refractivity contribution is 7.99. The second-order valence-corrected chi connectivity index (χ2v) is 6.27. The van der Waals surface area contributed by atoms with Crippen molar-refractivity contribution in [1.82, 2.24) is 5.32 Å². The average molecular weight is 249 g/mol. The van der Waals surface area contributed by atoms with E-state index in [1.807, 2.05) is 11.8 Å². The monoisotopic (exact) mass is 249 g/mol. The van der Waals surface area contributed by atoms with Crippen LogP contribution in [0.3, 0.4) is 0 Å². The second kappa shape index (κ2) is 6.46. The van der Waals surface area contributed by atoms with Crippen LogP contribution in [0.4, 0.5) is 0 Å². The molecule has 17 heavy (non-hydrogen) atoms. The molecule has 2 rings (SSSR count). The molecule has 1 fully saturated rings. The molecule has 1 aromatic carbocycles. The minimum absolute atomic E-state index is 0.633. The molecule has 1 aromatic rings. The van der Waals surface area contributed by atoms with Crippen LogP contribution in [0.2, 0.25) is 0 Å². The molecule has 0 bridgehead atoms. The Labute approximate surface area is 109 Å². The maximum Gasteiger partial charge on any atom is 0.0161 e. The van der Waals surface area contributed by atoms with Gasteiger partial charge in [-0.05, 0) is 43.0 Å². The maximum atomic E-state index is 3.60. The molecule has 1 N–H and O–H groups in total. The predicted molar refractivity (Wildman–Crippen MR) is 76.9 cm³/mol. The lowest BCUT2D eigenvalue weighted by molar-refractivity contribution is 0.430. The largest absolute Gasteiger partial charge is 0.313 e. The van der Waals surface area contributed by atoms with Crippen LogP contribution in [0.25, 0.3) is 0 Å². The number of nitrogens with one attached hydrogen (secondary N) is 1. The number of rotatable bonds is 4. The van der Waals surface area contributed by atoms with Crippen LogP contribution in [-0.2, 0) is 0 Å². The Morgan fingerprint density at radius 2 is 2.00 bits per heavy atom. The molecular formula is C15H23NS. The minimum atomic E-state index is 0.633. The van der Waals surface area contributed by atoms with Crippen molar-refractivity contribution in [2.24, 2.45) is 0 Å². The molecule has 0 spiro atoms. The highest BCUT2D eigenvalue weighted by Gasteiger charge is 2.12. The Hall–Kier alpha value is -0.470. The zero-order valence-corrected chi connectivity index (χ0v) is 11.7. The van der Waals surface area contributed by atoms with E-state index in [1.54, 1.807) is 0 Å². The van der Waals surface area contributed by atoms with Gasteiger partial charge in [-0.2, -0.15) is 0 Å². The Morgan fingerprint density at radius 3 is 2.59 bits per heavy atom. The van der Waals surface area contributed by atoms with E-state index in [1.165, 1.54) is 42.0 Å². The molecule has 2 heteroatoms. The smallest absolute Gasteiger partial charge is 0.0161 e. The van der Waals surface area contributed by atoms with Crippen molar-refractivity contribution < 1.29 is 0 Å². The predicted octanol–water partition coefficient (Wildman–Crippen LogP) is 4.04. The number of piperidine rings is 1. The van der Waals surface area contributed by atoms with Gasteiger partial charge in [-0.1, -0.05) is 32.4 Å². The van der Waals surface area contributed by atoms with Crippen molar-refractivity contribution in [3.8, 4) is 0 Å². The molecule has 1 aliphatic heterocycles. The normalized spacial score (nSPS) is 20.8. The zero-order valence-electron chi connectivity index (χ0n) is 10.9. The standard InChI is InChI=1S/C15H23NS/c1-12(2)13-6-8-15(9-7-13)17-11-14-5-3-4-10-16-14/h6-9,12,14,16H,3-5,10-11H2,1-2H3. The van der Waals surface area contributed by atoms with Crippen molar-refractivity contribution in [2.75, 3.05) is 12.3 Å². The van der Waals surface area contributed by atoms with Gasteiger partial charge in [0.25, 0.3) is 0 Å². The summed E-state index contributed by atoms with van der Waals surface area (Å²) in [5.74, 6) is 1.84. The van der Waals surface area contributed by atoms with E-state index >= 15 is 0 Å². The van der Waals surface area contributed by atoms with Crippen LogP contribution in [0, 0.1) is 0 Å². The summed E-state index contributed by atoms with van der Waals surface area (Å²) in [6.07, 6.45) is 4.09. The number of hydrogen-bond acceptors (Lipinski definition) is 2. The zero-order chi connectivity index (χ0) is 12.1. The van der Waals surface area contributed by atoms with Gasteiger partial charge >= 0.3 is 0 Å². The van der Waals surface area contributed by atoms with Gasteiger partial charge in [-0.25, -0.2) is 0 Å². The van der Waals surface area contributed by atoms with Crippen molar-refractivity contribution in [3.05, 3.63) is 29.8 Å². The van der Waals surface area contributed by atoms with Gasteiger partial charge in [0.2, 0.25) is 0 Å². The summed E-state index contributed by atoms with van der Waals surface area (Å²) in [6.45, 7) is 5.69. The summed E-state index contributed by atoms with van der Waals surface area (Å²) in [5, 5.41) is 3.60. The summed E-state index contributed by atoms with van der Waals surface area (Å²) in [7, 11) is 0. The first kappa shape index (κ1) is 13.0. The van der Waals surface area contributed by atoms with Crippen LogP contribution < -0.4 is 5.32 Å². The fourth-order valence-corrected chi connectivity index (χ4v) is 3.22. The molecule has 1 atom stereocenters. The van der Waals surface area contributed by atoms with E-state index in [4.69, 9.17) is 0 Å². The summed E-state index contributed by atoms with van der Waals surface area (Å²) in [4.78, 5) is 1.40. The van der Waals surface area contributed by atoms with Crippen LogP contribution in [0.15, 0.2) is 29.2 Å². The SMILES string of the molecule is CC(C)c1ccc(SCC2CCCCN2)cc1. The molecule has 1 nitrogen and oxygen atoms in total.